The lowest BCUT2D eigenvalue weighted by atomic mass is 9.77. The Morgan fingerprint density at radius 1 is 0.619 bits per heavy atom. The van der Waals surface area contributed by atoms with Crippen LogP contribution in [0.1, 0.15) is 165 Å². The first-order chi connectivity index (χ1) is 20.6. The molecule has 3 rings (SSSR count). The molecule has 1 atom stereocenters. The highest BCUT2D eigenvalue weighted by atomic mass is 15.1. The maximum atomic E-state index is 4.34. The Morgan fingerprint density at radius 3 is 1.64 bits per heavy atom. The summed E-state index contributed by atoms with van der Waals surface area (Å²) in [7, 11) is 0. The van der Waals surface area contributed by atoms with E-state index >= 15 is 0 Å². The molecule has 3 aromatic rings. The van der Waals surface area contributed by atoms with Crippen molar-refractivity contribution >= 4 is 0 Å². The highest BCUT2D eigenvalue weighted by Crippen LogP contribution is 2.39. The van der Waals surface area contributed by atoms with Crippen LogP contribution in [0.15, 0.2) is 67.3 Å². The molecule has 2 heteroatoms. The molecule has 0 bridgehead atoms. The van der Waals surface area contributed by atoms with Crippen molar-refractivity contribution in [1.82, 2.24) is 9.55 Å². The number of rotatable bonds is 23. The van der Waals surface area contributed by atoms with Gasteiger partial charge in [-0.3, -0.25) is 0 Å². The Balaban J connectivity index is 1.38. The molecule has 1 heterocycles. The third kappa shape index (κ3) is 11.4. The number of hydrogen-bond donors (Lipinski definition) is 0. The Bertz CT molecular complexity index is 1080. The van der Waals surface area contributed by atoms with Gasteiger partial charge in [0.15, 0.2) is 0 Å². The molecule has 0 fully saturated rings. The van der Waals surface area contributed by atoms with Crippen molar-refractivity contribution < 1.29 is 0 Å². The van der Waals surface area contributed by atoms with E-state index in [1.165, 1.54) is 126 Å². The minimum Gasteiger partial charge on any atom is -0.331 e. The molecule has 0 unspecified atom stereocenters. The van der Waals surface area contributed by atoms with Gasteiger partial charge in [0.2, 0.25) is 0 Å². The van der Waals surface area contributed by atoms with Crippen molar-refractivity contribution in [2.45, 2.75) is 161 Å². The predicted octanol–water partition coefficient (Wildman–Crippen LogP) is 12.2. The van der Waals surface area contributed by atoms with Crippen LogP contribution in [-0.2, 0) is 18.4 Å². The van der Waals surface area contributed by atoms with Crippen LogP contribution in [0.4, 0.5) is 0 Å². The molecule has 0 radical (unpaired) electrons. The van der Waals surface area contributed by atoms with E-state index in [-0.39, 0.29) is 5.54 Å². The third-order valence-corrected chi connectivity index (χ3v) is 9.66. The molecule has 0 aliphatic carbocycles. The summed E-state index contributed by atoms with van der Waals surface area (Å²) in [4.78, 5) is 4.34. The second-order valence-electron chi connectivity index (χ2n) is 13.3. The van der Waals surface area contributed by atoms with E-state index < -0.39 is 0 Å². The third-order valence-electron chi connectivity index (χ3n) is 9.66. The van der Waals surface area contributed by atoms with E-state index in [0.717, 1.165) is 12.8 Å². The van der Waals surface area contributed by atoms with Crippen molar-refractivity contribution in [2.75, 3.05) is 0 Å². The summed E-state index contributed by atoms with van der Waals surface area (Å²) in [6.07, 6.45) is 32.1. The number of aromatic nitrogens is 2. The van der Waals surface area contributed by atoms with Gasteiger partial charge in [-0.05, 0) is 61.8 Å². The summed E-state index contributed by atoms with van der Waals surface area (Å²) < 4.78 is 2.28. The van der Waals surface area contributed by atoms with Crippen LogP contribution in [0, 0.1) is 0 Å². The topological polar surface area (TPSA) is 17.8 Å². The number of hydrogen-bond acceptors (Lipinski definition) is 1. The predicted molar refractivity (Wildman–Crippen MR) is 184 cm³/mol. The molecule has 0 aliphatic heterocycles. The zero-order valence-electron chi connectivity index (χ0n) is 27.8. The molecule has 0 N–H and O–H groups in total. The number of benzene rings is 2. The maximum absolute atomic E-state index is 4.34. The Kier molecular flexibility index (Phi) is 16.1. The molecule has 0 saturated heterocycles. The van der Waals surface area contributed by atoms with Gasteiger partial charge in [0, 0.05) is 23.9 Å². The summed E-state index contributed by atoms with van der Waals surface area (Å²) in [5.41, 5.74) is 5.96. The van der Waals surface area contributed by atoms with E-state index in [1.807, 2.05) is 12.5 Å². The Labute approximate surface area is 259 Å². The molecular formula is C40H62N2. The highest BCUT2D eigenvalue weighted by Gasteiger charge is 2.32. The van der Waals surface area contributed by atoms with Crippen LogP contribution < -0.4 is 0 Å². The molecular weight excluding hydrogens is 508 g/mol. The zero-order valence-corrected chi connectivity index (χ0v) is 27.8. The van der Waals surface area contributed by atoms with E-state index in [1.54, 1.807) is 5.56 Å². The minimum absolute atomic E-state index is 0.0333. The fourth-order valence-corrected chi connectivity index (χ4v) is 6.96. The quantitative estimate of drug-likeness (QED) is 0.104. The average Bonchev–Trinajstić information content (AvgIpc) is 3.55. The van der Waals surface area contributed by atoms with Gasteiger partial charge >= 0.3 is 0 Å². The van der Waals surface area contributed by atoms with Gasteiger partial charge in [0.25, 0.3) is 0 Å². The van der Waals surface area contributed by atoms with Crippen molar-refractivity contribution in [1.29, 1.82) is 0 Å². The second-order valence-corrected chi connectivity index (χ2v) is 13.3. The van der Waals surface area contributed by atoms with Crippen LogP contribution in [-0.4, -0.2) is 9.55 Å². The molecule has 1 aromatic heterocycles. The van der Waals surface area contributed by atoms with Crippen LogP contribution in [0.25, 0.3) is 0 Å². The molecule has 0 spiro atoms. The first-order valence-corrected chi connectivity index (χ1v) is 17.7. The molecule has 42 heavy (non-hydrogen) atoms. The fraction of sp³-hybridized carbons (Fsp3) is 0.625. The number of nitrogens with zero attached hydrogens (tertiary/aromatic N) is 2. The Morgan fingerprint density at radius 2 is 1.12 bits per heavy atom. The van der Waals surface area contributed by atoms with Crippen LogP contribution >= 0.6 is 0 Å². The lowest BCUT2D eigenvalue weighted by Crippen LogP contribution is -2.33. The zero-order chi connectivity index (χ0) is 29.9. The molecule has 2 aromatic carbocycles. The van der Waals surface area contributed by atoms with Gasteiger partial charge in [0.1, 0.15) is 0 Å². The van der Waals surface area contributed by atoms with Crippen molar-refractivity contribution in [3.8, 4) is 0 Å². The molecule has 0 aliphatic rings. The van der Waals surface area contributed by atoms with Crippen molar-refractivity contribution in [3.63, 3.8) is 0 Å². The summed E-state index contributed by atoms with van der Waals surface area (Å²) in [5, 5.41) is 0. The smallest absolute Gasteiger partial charge is 0.0951 e. The molecule has 0 saturated carbocycles. The molecule has 232 valence electrons. The number of imidazole rings is 1. The highest BCUT2D eigenvalue weighted by molar-refractivity contribution is 5.39. The van der Waals surface area contributed by atoms with Crippen molar-refractivity contribution in [2.24, 2.45) is 0 Å². The van der Waals surface area contributed by atoms with Crippen LogP contribution in [0.2, 0.25) is 0 Å². The van der Waals surface area contributed by atoms with E-state index in [2.05, 4.69) is 92.0 Å². The normalized spacial score (nSPS) is 12.6. The van der Waals surface area contributed by atoms with Gasteiger partial charge in [-0.2, -0.15) is 0 Å². The monoisotopic (exact) mass is 570 g/mol. The molecule has 0 amide bonds. The standard InChI is InChI=1S/C40H62N2/c1-5-7-8-9-10-11-12-13-14-15-16-17-18-19-20-21-26-35-27-22-23-28-36(35)33-37-29-24-25-30-38(37)39(6-2)40(3,4)42-32-31-41-34-42/h22-25,27-32,34,39H,5-21,26,33H2,1-4H3/t39-/m0/s1. The fourth-order valence-electron chi connectivity index (χ4n) is 6.96. The largest absolute Gasteiger partial charge is 0.331 e. The first-order valence-electron chi connectivity index (χ1n) is 17.7. The van der Waals surface area contributed by atoms with Crippen LogP contribution in [0.3, 0.4) is 0 Å². The molecule has 2 nitrogen and oxygen atoms in total. The summed E-state index contributed by atoms with van der Waals surface area (Å²) >= 11 is 0. The number of unbranched alkanes of at least 4 members (excludes halogenated alkanes) is 15. The summed E-state index contributed by atoms with van der Waals surface area (Å²) in [5.74, 6) is 0.426. The average molecular weight is 571 g/mol. The lowest BCUT2D eigenvalue weighted by molar-refractivity contribution is 0.274. The van der Waals surface area contributed by atoms with E-state index in [9.17, 15) is 0 Å². The minimum atomic E-state index is -0.0333. The maximum Gasteiger partial charge on any atom is 0.0951 e. The Hall–Kier alpha value is -2.35. The summed E-state index contributed by atoms with van der Waals surface area (Å²) in [6, 6.07) is 18.3. The lowest BCUT2D eigenvalue weighted by Gasteiger charge is -2.36. The SMILES string of the molecule is CCCCCCCCCCCCCCCCCCc1ccccc1Cc1ccccc1[C@H](CC)C(C)(C)n1ccnc1. The van der Waals surface area contributed by atoms with Gasteiger partial charge in [0.05, 0.1) is 6.33 Å². The van der Waals surface area contributed by atoms with Gasteiger partial charge in [-0.25, -0.2) is 4.98 Å². The second kappa shape index (κ2) is 19.8. The summed E-state index contributed by atoms with van der Waals surface area (Å²) in [6.45, 7) is 9.33. The van der Waals surface area contributed by atoms with Gasteiger partial charge < -0.3 is 4.57 Å². The number of aryl methyl sites for hydroxylation is 1. The van der Waals surface area contributed by atoms with E-state index in [4.69, 9.17) is 0 Å². The first kappa shape index (κ1) is 34.1. The van der Waals surface area contributed by atoms with E-state index in [0.29, 0.717) is 5.92 Å². The van der Waals surface area contributed by atoms with Crippen LogP contribution in [0.5, 0.6) is 0 Å². The van der Waals surface area contributed by atoms with Crippen molar-refractivity contribution in [3.05, 3.63) is 89.5 Å². The van der Waals surface area contributed by atoms with Gasteiger partial charge in [-0.1, -0.05) is 159 Å². The van der Waals surface area contributed by atoms with Gasteiger partial charge in [-0.15, -0.1) is 0 Å².